The largest absolute Gasteiger partial charge is 0.511 e. The Balaban J connectivity index is 2.56. The molecule has 0 atom stereocenters. The molecule has 2 aromatic rings. The van der Waals surface area contributed by atoms with E-state index in [1.807, 2.05) is 19.1 Å². The van der Waals surface area contributed by atoms with E-state index in [-0.39, 0.29) is 16.4 Å². The van der Waals surface area contributed by atoms with Crippen LogP contribution < -0.4 is 16.2 Å². The third-order valence-corrected chi connectivity index (χ3v) is 4.44. The Hall–Kier alpha value is -3.01. The Bertz CT molecular complexity index is 1310. The van der Waals surface area contributed by atoms with Crippen molar-refractivity contribution in [3.8, 4) is 0 Å². The number of benzene rings is 2. The molecule has 2 aliphatic rings. The summed E-state index contributed by atoms with van der Waals surface area (Å²) < 4.78 is 0. The van der Waals surface area contributed by atoms with E-state index in [0.717, 1.165) is 0 Å². The van der Waals surface area contributed by atoms with E-state index >= 15 is 0 Å². The molecule has 0 amide bonds. The van der Waals surface area contributed by atoms with Crippen molar-refractivity contribution in [2.45, 2.75) is 19.8 Å². The Morgan fingerprint density at radius 2 is 1.67 bits per heavy atom. The lowest BCUT2D eigenvalue weighted by Gasteiger charge is -2.07. The molecule has 2 aromatic carbocycles. The molecule has 0 saturated carbocycles. The second-order valence-electron chi connectivity index (χ2n) is 5.94. The van der Waals surface area contributed by atoms with E-state index in [1.165, 1.54) is 0 Å². The smallest absolute Gasteiger partial charge is 0.281 e. The van der Waals surface area contributed by atoms with Gasteiger partial charge in [-0.25, -0.2) is 4.98 Å². The first-order valence-corrected chi connectivity index (χ1v) is 7.96. The molecule has 0 radical (unpaired) electrons. The van der Waals surface area contributed by atoms with Gasteiger partial charge in [0.25, 0.3) is 5.56 Å². The van der Waals surface area contributed by atoms with Gasteiger partial charge in [-0.2, -0.15) is 0 Å². The van der Waals surface area contributed by atoms with Crippen LogP contribution in [-0.4, -0.2) is 10.1 Å². The third-order valence-electron chi connectivity index (χ3n) is 4.44. The number of hydrogen-bond acceptors (Lipinski definition) is 4. The summed E-state index contributed by atoms with van der Waals surface area (Å²) >= 11 is 0. The second kappa shape index (κ2) is 5.27. The number of hydrogen-bond donors (Lipinski definition) is 1. The molecule has 1 aliphatic carbocycles. The van der Waals surface area contributed by atoms with E-state index in [4.69, 9.17) is 0 Å². The van der Waals surface area contributed by atoms with Crippen molar-refractivity contribution in [3.63, 3.8) is 0 Å². The lowest BCUT2D eigenvalue weighted by Crippen LogP contribution is -2.32. The Kier molecular flexibility index (Phi) is 3.20. The number of aliphatic hydroxyl groups excluding tert-OH is 1. The topological polar surface area (TPSA) is 67.3 Å². The standard InChI is InChI=1S/C20H15NO3/c1-2-6-15(22)18-17-11-7-3-4-8-12(11)19(23)13-9-5-10-14(16(13)17)21-20(18)24/h3-5,7-10,22H,2,6H2,1H3/b18-15+. The fraction of sp³-hybridized carbons (Fsp3) is 0.150. The molecule has 0 fully saturated rings. The number of rotatable bonds is 2. The summed E-state index contributed by atoms with van der Waals surface area (Å²) in [5.41, 5.74) is -0.0433. The van der Waals surface area contributed by atoms with E-state index < -0.39 is 5.56 Å². The number of aromatic nitrogens is 1. The first-order chi connectivity index (χ1) is 11.6. The van der Waals surface area contributed by atoms with Crippen molar-refractivity contribution in [2.75, 3.05) is 0 Å². The highest BCUT2D eigenvalue weighted by Gasteiger charge is 2.14. The molecular formula is C20H15NO3. The predicted molar refractivity (Wildman–Crippen MR) is 94.4 cm³/mol. The molecule has 1 aliphatic heterocycles. The van der Waals surface area contributed by atoms with Crippen molar-refractivity contribution >= 4 is 27.4 Å². The number of fused-ring (bicyclic) bond motifs is 2. The van der Waals surface area contributed by atoms with Crippen LogP contribution >= 0.6 is 0 Å². The quantitative estimate of drug-likeness (QED) is 0.617. The monoisotopic (exact) mass is 317 g/mol. The van der Waals surface area contributed by atoms with Crippen LogP contribution in [0.1, 0.15) is 19.8 Å². The van der Waals surface area contributed by atoms with Gasteiger partial charge >= 0.3 is 0 Å². The SMILES string of the molecule is CCC/C(O)=c1\c(=O)nc2cccc3c2=c1c1ccccc1c3=O. The average molecular weight is 317 g/mol. The van der Waals surface area contributed by atoms with Gasteiger partial charge in [0.1, 0.15) is 5.76 Å². The first kappa shape index (κ1) is 14.6. The summed E-state index contributed by atoms with van der Waals surface area (Å²) in [7, 11) is 0. The van der Waals surface area contributed by atoms with Crippen molar-refractivity contribution in [2.24, 2.45) is 0 Å². The number of aliphatic hydroxyl groups is 1. The highest BCUT2D eigenvalue weighted by atomic mass is 16.3. The Labute approximate surface area is 136 Å². The normalized spacial score (nSPS) is 13.0. The molecular weight excluding hydrogens is 302 g/mol. The molecule has 0 saturated heterocycles. The van der Waals surface area contributed by atoms with Crippen LogP contribution in [0.25, 0.3) is 27.4 Å². The molecule has 4 nitrogen and oxygen atoms in total. The molecule has 0 bridgehead atoms. The molecule has 118 valence electrons. The van der Waals surface area contributed by atoms with Crippen molar-refractivity contribution in [3.05, 3.63) is 78.7 Å². The fourth-order valence-electron chi connectivity index (χ4n) is 3.43. The minimum Gasteiger partial charge on any atom is -0.511 e. The molecule has 24 heavy (non-hydrogen) atoms. The van der Waals surface area contributed by atoms with Crippen LogP contribution in [0.3, 0.4) is 0 Å². The predicted octanol–water partition coefficient (Wildman–Crippen LogP) is 2.46. The van der Waals surface area contributed by atoms with Gasteiger partial charge in [0.15, 0.2) is 5.43 Å². The van der Waals surface area contributed by atoms with Gasteiger partial charge in [-0.1, -0.05) is 43.3 Å². The Morgan fingerprint density at radius 1 is 0.958 bits per heavy atom. The van der Waals surface area contributed by atoms with Crippen LogP contribution in [-0.2, 0) is 0 Å². The van der Waals surface area contributed by atoms with E-state index in [9.17, 15) is 14.7 Å². The molecule has 4 rings (SSSR count). The van der Waals surface area contributed by atoms with Crippen LogP contribution in [0.5, 0.6) is 0 Å². The molecule has 1 heterocycles. The molecule has 1 N–H and O–H groups in total. The number of nitrogens with zero attached hydrogens (tertiary/aromatic N) is 1. The zero-order chi connectivity index (χ0) is 16.8. The van der Waals surface area contributed by atoms with Crippen LogP contribution in [0, 0.1) is 10.4 Å². The van der Waals surface area contributed by atoms with Gasteiger partial charge in [-0.15, -0.1) is 0 Å². The summed E-state index contributed by atoms with van der Waals surface area (Å²) in [6, 6.07) is 12.4. The van der Waals surface area contributed by atoms with Crippen LogP contribution in [0.2, 0.25) is 0 Å². The third kappa shape index (κ3) is 1.89. The van der Waals surface area contributed by atoms with E-state index in [1.54, 1.807) is 30.3 Å². The highest BCUT2D eigenvalue weighted by molar-refractivity contribution is 5.90. The molecule has 0 spiro atoms. The van der Waals surface area contributed by atoms with E-state index in [0.29, 0.717) is 45.0 Å². The van der Waals surface area contributed by atoms with Gasteiger partial charge in [0, 0.05) is 27.6 Å². The van der Waals surface area contributed by atoms with Crippen molar-refractivity contribution in [1.82, 2.24) is 4.98 Å². The van der Waals surface area contributed by atoms with Gasteiger partial charge in [-0.05, 0) is 17.9 Å². The Morgan fingerprint density at radius 3 is 2.42 bits per heavy atom. The average Bonchev–Trinajstić information content (AvgIpc) is 2.59. The molecule has 0 aromatic heterocycles. The minimum absolute atomic E-state index is 0.0332. The zero-order valence-electron chi connectivity index (χ0n) is 13.2. The summed E-state index contributed by atoms with van der Waals surface area (Å²) in [4.78, 5) is 29.5. The van der Waals surface area contributed by atoms with Gasteiger partial charge in [-0.3, -0.25) is 9.59 Å². The maximum absolute atomic E-state index is 12.8. The lowest BCUT2D eigenvalue weighted by atomic mass is 9.98. The van der Waals surface area contributed by atoms with Gasteiger partial charge < -0.3 is 5.11 Å². The zero-order valence-corrected chi connectivity index (χ0v) is 13.2. The fourth-order valence-corrected chi connectivity index (χ4v) is 3.43. The van der Waals surface area contributed by atoms with E-state index in [2.05, 4.69) is 4.98 Å². The lowest BCUT2D eigenvalue weighted by molar-refractivity contribution is 0.475. The van der Waals surface area contributed by atoms with Gasteiger partial charge in [0.2, 0.25) is 0 Å². The highest BCUT2D eigenvalue weighted by Crippen LogP contribution is 2.18. The van der Waals surface area contributed by atoms with Crippen LogP contribution in [0.15, 0.2) is 52.1 Å². The summed E-state index contributed by atoms with van der Waals surface area (Å²) in [6.45, 7) is 1.93. The summed E-state index contributed by atoms with van der Waals surface area (Å²) in [5.74, 6) is 0.0332. The summed E-state index contributed by atoms with van der Waals surface area (Å²) in [5, 5.41) is 13.7. The maximum Gasteiger partial charge on any atom is 0.281 e. The maximum atomic E-state index is 12.8. The van der Waals surface area contributed by atoms with Gasteiger partial charge in [0.05, 0.1) is 10.7 Å². The van der Waals surface area contributed by atoms with Crippen molar-refractivity contribution in [1.29, 1.82) is 0 Å². The summed E-state index contributed by atoms with van der Waals surface area (Å²) in [6.07, 6.45) is 1.11. The van der Waals surface area contributed by atoms with Crippen molar-refractivity contribution < 1.29 is 5.11 Å². The second-order valence-corrected chi connectivity index (χ2v) is 5.94. The molecule has 4 heteroatoms. The van der Waals surface area contributed by atoms with Crippen LogP contribution in [0.4, 0.5) is 0 Å². The first-order valence-electron chi connectivity index (χ1n) is 7.96. The minimum atomic E-state index is -0.454. The molecule has 0 unspecified atom stereocenters.